The molecule has 1 aromatic heterocycles. The van der Waals surface area contributed by atoms with Crippen molar-refractivity contribution in [2.24, 2.45) is 0 Å². The van der Waals surface area contributed by atoms with Crippen molar-refractivity contribution in [3.8, 4) is 5.69 Å². The smallest absolute Gasteiger partial charge is 0.272 e. The molecule has 1 heterocycles. The molecule has 0 aliphatic heterocycles. The molecule has 0 fully saturated rings. The summed E-state index contributed by atoms with van der Waals surface area (Å²) in [6, 6.07) is 3.61. The van der Waals surface area contributed by atoms with Crippen molar-refractivity contribution in [3.63, 3.8) is 0 Å². The van der Waals surface area contributed by atoms with Gasteiger partial charge in [-0.1, -0.05) is 20.8 Å². The van der Waals surface area contributed by atoms with E-state index in [0.29, 0.717) is 5.82 Å². The predicted molar refractivity (Wildman–Crippen MR) is 92.5 cm³/mol. The summed E-state index contributed by atoms with van der Waals surface area (Å²) < 4.78 is 21.8. The topological polar surface area (TPSA) is 70.2 Å². The third-order valence-electron chi connectivity index (χ3n) is 3.49. The van der Waals surface area contributed by atoms with Gasteiger partial charge in [0.25, 0.3) is 5.69 Å². The monoisotopic (exact) mass is 351 g/mol. The second-order valence-corrected chi connectivity index (χ2v) is 9.35. The molecule has 0 bridgehead atoms. The quantitative estimate of drug-likeness (QED) is 0.468. The molecule has 2 rings (SSSR count). The summed E-state index contributed by atoms with van der Waals surface area (Å²) in [7, 11) is -1.26. The van der Waals surface area contributed by atoms with Crippen LogP contribution < -0.4 is 0 Å². The van der Waals surface area contributed by atoms with Gasteiger partial charge in [0, 0.05) is 17.7 Å². The Labute approximate surface area is 142 Å². The SMILES string of the molecule is C[SiH](C)OCc1nc(C(C)(C)C)cn1-c1ccc([N+](=O)[O-])cc1F. The highest BCUT2D eigenvalue weighted by Gasteiger charge is 2.22. The van der Waals surface area contributed by atoms with E-state index < -0.39 is 19.8 Å². The summed E-state index contributed by atoms with van der Waals surface area (Å²) >= 11 is 0. The summed E-state index contributed by atoms with van der Waals surface area (Å²) in [5.41, 5.74) is 0.559. The first-order chi connectivity index (χ1) is 11.1. The Balaban J connectivity index is 2.51. The second kappa shape index (κ2) is 6.82. The molecule has 8 heteroatoms. The molecule has 1 aromatic carbocycles. The minimum Gasteiger partial charge on any atom is -0.413 e. The summed E-state index contributed by atoms with van der Waals surface area (Å²) in [4.78, 5) is 14.8. The molecule has 0 N–H and O–H groups in total. The standard InChI is InChI=1S/C16H22FN3O3Si/c1-16(2,3)14-9-19(15(18-14)10-23-24(4)5)13-7-6-11(20(21)22)8-12(13)17/h6-9,24H,10H2,1-5H3. The first-order valence-electron chi connectivity index (χ1n) is 7.74. The van der Waals surface area contributed by atoms with Gasteiger partial charge in [0.05, 0.1) is 29.0 Å². The third-order valence-corrected chi connectivity index (χ3v) is 4.33. The van der Waals surface area contributed by atoms with Crippen LogP contribution in [-0.2, 0) is 16.4 Å². The number of nitro benzene ring substituents is 1. The Kier molecular flexibility index (Phi) is 5.19. The number of aromatic nitrogens is 2. The maximum atomic E-state index is 14.4. The lowest BCUT2D eigenvalue weighted by Gasteiger charge is -2.14. The maximum Gasteiger partial charge on any atom is 0.272 e. The Morgan fingerprint density at radius 1 is 1.38 bits per heavy atom. The summed E-state index contributed by atoms with van der Waals surface area (Å²) in [6.45, 7) is 10.4. The summed E-state index contributed by atoms with van der Waals surface area (Å²) in [6.07, 6.45) is 1.77. The molecular weight excluding hydrogens is 329 g/mol. The molecule has 0 atom stereocenters. The number of hydrogen-bond acceptors (Lipinski definition) is 4. The van der Waals surface area contributed by atoms with Crippen molar-refractivity contribution in [1.82, 2.24) is 9.55 Å². The van der Waals surface area contributed by atoms with Gasteiger partial charge in [-0.25, -0.2) is 9.37 Å². The highest BCUT2D eigenvalue weighted by molar-refractivity contribution is 6.48. The molecule has 0 spiro atoms. The maximum absolute atomic E-state index is 14.4. The van der Waals surface area contributed by atoms with Crippen LogP contribution in [0.3, 0.4) is 0 Å². The lowest BCUT2D eigenvalue weighted by Crippen LogP contribution is -2.12. The van der Waals surface area contributed by atoms with E-state index >= 15 is 0 Å². The van der Waals surface area contributed by atoms with E-state index in [4.69, 9.17) is 4.43 Å². The number of rotatable bonds is 5. The van der Waals surface area contributed by atoms with E-state index in [2.05, 4.69) is 4.98 Å². The number of non-ortho nitro benzene ring substituents is 1. The van der Waals surface area contributed by atoms with Crippen LogP contribution in [0.2, 0.25) is 13.1 Å². The lowest BCUT2D eigenvalue weighted by atomic mass is 9.93. The Bertz CT molecular complexity index is 754. The minimum absolute atomic E-state index is 0.202. The van der Waals surface area contributed by atoms with Crippen LogP contribution in [0.5, 0.6) is 0 Å². The molecule has 0 aliphatic rings. The highest BCUT2D eigenvalue weighted by Crippen LogP contribution is 2.26. The number of imidazole rings is 1. The third kappa shape index (κ3) is 4.07. The van der Waals surface area contributed by atoms with Crippen molar-refractivity contribution < 1.29 is 13.7 Å². The summed E-state index contributed by atoms with van der Waals surface area (Å²) in [5, 5.41) is 10.8. The fourth-order valence-electron chi connectivity index (χ4n) is 2.14. The van der Waals surface area contributed by atoms with Gasteiger partial charge in [-0.2, -0.15) is 0 Å². The zero-order valence-electron chi connectivity index (χ0n) is 14.5. The van der Waals surface area contributed by atoms with Gasteiger partial charge in [-0.15, -0.1) is 0 Å². The second-order valence-electron chi connectivity index (χ2n) is 6.91. The van der Waals surface area contributed by atoms with E-state index in [-0.39, 0.29) is 23.4 Å². The molecule has 0 amide bonds. The molecule has 130 valence electrons. The Hall–Kier alpha value is -2.06. The minimum atomic E-state index is -1.26. The van der Waals surface area contributed by atoms with E-state index in [0.717, 1.165) is 11.8 Å². The highest BCUT2D eigenvalue weighted by atomic mass is 28.3. The van der Waals surface area contributed by atoms with Crippen LogP contribution in [0.25, 0.3) is 5.69 Å². The van der Waals surface area contributed by atoms with Crippen LogP contribution >= 0.6 is 0 Å². The van der Waals surface area contributed by atoms with Gasteiger partial charge in [-0.05, 0) is 19.2 Å². The summed E-state index contributed by atoms with van der Waals surface area (Å²) in [5.74, 6) is -0.0704. The largest absolute Gasteiger partial charge is 0.413 e. The van der Waals surface area contributed by atoms with Gasteiger partial charge in [0.2, 0.25) is 0 Å². The van der Waals surface area contributed by atoms with E-state index in [1.54, 1.807) is 10.8 Å². The molecule has 2 aromatic rings. The molecule has 0 radical (unpaired) electrons. The zero-order valence-corrected chi connectivity index (χ0v) is 15.7. The Morgan fingerprint density at radius 2 is 2.04 bits per heavy atom. The van der Waals surface area contributed by atoms with E-state index in [1.807, 2.05) is 33.9 Å². The van der Waals surface area contributed by atoms with Crippen molar-refractivity contribution >= 4 is 14.7 Å². The molecule has 0 aliphatic carbocycles. The van der Waals surface area contributed by atoms with Crippen molar-refractivity contribution in [3.05, 3.63) is 51.8 Å². The van der Waals surface area contributed by atoms with E-state index in [9.17, 15) is 14.5 Å². The van der Waals surface area contributed by atoms with Gasteiger partial charge >= 0.3 is 0 Å². The van der Waals surface area contributed by atoms with Gasteiger partial charge in [-0.3, -0.25) is 14.7 Å². The average molecular weight is 351 g/mol. The number of nitrogens with zero attached hydrogens (tertiary/aromatic N) is 3. The normalized spacial score (nSPS) is 12.0. The molecule has 0 saturated carbocycles. The van der Waals surface area contributed by atoms with Crippen LogP contribution in [0.4, 0.5) is 10.1 Å². The predicted octanol–water partition coefficient (Wildman–Crippen LogP) is 3.72. The number of nitro groups is 1. The number of hydrogen-bond donors (Lipinski definition) is 0. The Morgan fingerprint density at radius 3 is 2.54 bits per heavy atom. The molecule has 24 heavy (non-hydrogen) atoms. The fraction of sp³-hybridized carbons (Fsp3) is 0.438. The van der Waals surface area contributed by atoms with Crippen LogP contribution in [0.15, 0.2) is 24.4 Å². The van der Waals surface area contributed by atoms with Crippen molar-refractivity contribution in [2.45, 2.75) is 45.9 Å². The zero-order chi connectivity index (χ0) is 18.1. The van der Waals surface area contributed by atoms with Crippen molar-refractivity contribution in [1.29, 1.82) is 0 Å². The molecule has 0 saturated heterocycles. The number of halogens is 1. The average Bonchev–Trinajstić information content (AvgIpc) is 2.88. The van der Waals surface area contributed by atoms with Gasteiger partial charge < -0.3 is 4.43 Å². The van der Waals surface area contributed by atoms with Crippen LogP contribution in [0, 0.1) is 15.9 Å². The fourth-order valence-corrected chi connectivity index (χ4v) is 2.62. The molecule has 6 nitrogen and oxygen atoms in total. The van der Waals surface area contributed by atoms with Gasteiger partial charge in [0.15, 0.2) is 14.9 Å². The van der Waals surface area contributed by atoms with Crippen LogP contribution in [-0.4, -0.2) is 23.5 Å². The first kappa shape index (κ1) is 18.3. The molecule has 0 unspecified atom stereocenters. The first-order valence-corrected chi connectivity index (χ1v) is 10.5. The van der Waals surface area contributed by atoms with E-state index in [1.165, 1.54) is 12.1 Å². The number of benzene rings is 1. The molecular formula is C16H22FN3O3Si. The van der Waals surface area contributed by atoms with Crippen molar-refractivity contribution in [2.75, 3.05) is 0 Å². The van der Waals surface area contributed by atoms with Gasteiger partial charge in [0.1, 0.15) is 5.82 Å². The van der Waals surface area contributed by atoms with Crippen LogP contribution in [0.1, 0.15) is 32.3 Å². The lowest BCUT2D eigenvalue weighted by molar-refractivity contribution is -0.385.